The Morgan fingerprint density at radius 3 is 2.88 bits per heavy atom. The lowest BCUT2D eigenvalue weighted by atomic mass is 10.1. The van der Waals surface area contributed by atoms with Crippen LogP contribution in [0.4, 0.5) is 0 Å². The largest absolute Gasteiger partial charge is 0.366 e. The van der Waals surface area contributed by atoms with E-state index in [1.165, 1.54) is 0 Å². The molecule has 0 spiro atoms. The van der Waals surface area contributed by atoms with Crippen LogP contribution >= 0.6 is 36.0 Å². The van der Waals surface area contributed by atoms with Crippen molar-refractivity contribution in [1.82, 2.24) is 15.4 Å². The van der Waals surface area contributed by atoms with Crippen LogP contribution in [0.5, 0.6) is 0 Å². The monoisotopic (exact) mass is 394 g/mol. The predicted molar refractivity (Wildman–Crippen MR) is 108 cm³/mol. The predicted octanol–water partition coefficient (Wildman–Crippen LogP) is 4.36. The molecule has 0 radical (unpaired) electrons. The van der Waals surface area contributed by atoms with E-state index in [0.717, 1.165) is 41.5 Å². The molecular weight excluding hydrogens is 376 g/mol. The summed E-state index contributed by atoms with van der Waals surface area (Å²) in [5.74, 6) is 0.731. The van der Waals surface area contributed by atoms with Gasteiger partial charge in [0.05, 0.1) is 11.2 Å². The summed E-state index contributed by atoms with van der Waals surface area (Å²) in [6.45, 7) is 0.948. The first kappa shape index (κ1) is 19.5. The number of aromatic nitrogens is 1. The highest BCUT2D eigenvalue weighted by Crippen LogP contribution is 2.33. The number of halogens is 1. The van der Waals surface area contributed by atoms with Crippen molar-refractivity contribution < 1.29 is 4.52 Å². The van der Waals surface area contributed by atoms with E-state index in [4.69, 9.17) is 28.3 Å². The minimum atomic E-state index is 0.182. The second-order valence-electron chi connectivity index (χ2n) is 5.35. The normalized spacial score (nSPS) is 15.8. The Hall–Kier alpha value is -1.79. The Morgan fingerprint density at radius 1 is 1.48 bits per heavy atom. The molecule has 2 heterocycles. The average molecular weight is 395 g/mol. The van der Waals surface area contributed by atoms with Gasteiger partial charge in [-0.15, -0.1) is 0 Å². The topological polar surface area (TPSA) is 53.7 Å². The van der Waals surface area contributed by atoms with Gasteiger partial charge in [0, 0.05) is 37.3 Å². The molecule has 0 bridgehead atoms. The summed E-state index contributed by atoms with van der Waals surface area (Å²) in [5.41, 5.74) is 1.85. The van der Waals surface area contributed by atoms with Gasteiger partial charge in [-0.2, -0.15) is 0 Å². The molecular formula is C17H19ClN4OS2. The highest BCUT2D eigenvalue weighted by atomic mass is 35.5. The Bertz CT molecular complexity index is 774. The number of thiocarbonyl (C=S) groups is 2. The molecule has 1 atom stereocenters. The number of isothiocyanates is 1. The molecule has 1 saturated heterocycles. The van der Waals surface area contributed by atoms with E-state index in [0.29, 0.717) is 5.02 Å². The van der Waals surface area contributed by atoms with Crippen LogP contribution in [0.3, 0.4) is 0 Å². The molecule has 0 amide bonds. The number of rotatable bonds is 2. The van der Waals surface area contributed by atoms with E-state index >= 15 is 0 Å². The van der Waals surface area contributed by atoms with Crippen LogP contribution in [-0.4, -0.2) is 41.0 Å². The average Bonchev–Trinajstić information content (AvgIpc) is 3.30. The smallest absolute Gasteiger partial charge is 0.169 e. The molecule has 25 heavy (non-hydrogen) atoms. The van der Waals surface area contributed by atoms with Gasteiger partial charge in [0.25, 0.3) is 0 Å². The molecule has 1 fully saturated rings. The van der Waals surface area contributed by atoms with E-state index < -0.39 is 0 Å². The third kappa shape index (κ3) is 5.09. The molecule has 1 aliphatic heterocycles. The number of benzene rings is 1. The summed E-state index contributed by atoms with van der Waals surface area (Å²) in [7, 11) is 3.44. The maximum atomic E-state index is 6.02. The fraction of sp³-hybridized carbons (Fsp3) is 0.353. The minimum Gasteiger partial charge on any atom is -0.366 e. The standard InChI is InChI=1S/C15H16ClN3OS.C2H3NS/c1-17-15(21)19-7-3-6-13(19)12-9-14(20-18-12)10-4-2-5-11(16)8-10;1-3-2-4/h2,4-5,8-9,13H,3,6-7H2,1H3,(H,17,21);1H3. The summed E-state index contributed by atoms with van der Waals surface area (Å²) < 4.78 is 5.48. The SMILES string of the molecule is CN=C=S.CNC(=S)N1CCCC1c1cc(-c2cccc(Cl)c2)on1. The van der Waals surface area contributed by atoms with Crippen molar-refractivity contribution in [3.63, 3.8) is 0 Å². The molecule has 1 aromatic carbocycles. The zero-order valence-electron chi connectivity index (χ0n) is 14.0. The van der Waals surface area contributed by atoms with Crippen LogP contribution in [0.1, 0.15) is 24.6 Å². The molecule has 132 valence electrons. The lowest BCUT2D eigenvalue weighted by Gasteiger charge is -2.24. The quantitative estimate of drug-likeness (QED) is 0.603. The molecule has 1 aromatic heterocycles. The number of nitrogens with zero attached hydrogens (tertiary/aromatic N) is 3. The number of likely N-dealkylation sites (tertiary alicyclic amines) is 1. The van der Waals surface area contributed by atoms with Gasteiger partial charge in [-0.1, -0.05) is 28.9 Å². The van der Waals surface area contributed by atoms with Crippen molar-refractivity contribution in [2.24, 2.45) is 4.99 Å². The third-order valence-corrected chi connectivity index (χ3v) is 4.65. The highest BCUT2D eigenvalue weighted by Gasteiger charge is 2.30. The maximum Gasteiger partial charge on any atom is 0.169 e. The molecule has 1 aliphatic rings. The fourth-order valence-corrected chi connectivity index (χ4v) is 3.09. The van der Waals surface area contributed by atoms with Crippen molar-refractivity contribution >= 4 is 46.3 Å². The second-order valence-corrected chi connectivity index (χ2v) is 6.35. The van der Waals surface area contributed by atoms with Gasteiger partial charge in [0.15, 0.2) is 10.9 Å². The summed E-state index contributed by atoms with van der Waals surface area (Å²) in [4.78, 5) is 5.46. The van der Waals surface area contributed by atoms with E-state index in [1.54, 1.807) is 7.05 Å². The van der Waals surface area contributed by atoms with E-state index in [1.807, 2.05) is 37.4 Å². The summed E-state index contributed by atoms with van der Waals surface area (Å²) in [5, 5.41) is 10.8. The number of nitrogens with one attached hydrogen (secondary N) is 1. The van der Waals surface area contributed by atoms with Gasteiger partial charge in [0.1, 0.15) is 5.69 Å². The zero-order valence-corrected chi connectivity index (χ0v) is 16.4. The Kier molecular flexibility index (Phi) is 7.52. The molecule has 0 aliphatic carbocycles. The zero-order chi connectivity index (χ0) is 18.2. The van der Waals surface area contributed by atoms with Crippen LogP contribution in [0.15, 0.2) is 39.8 Å². The lowest BCUT2D eigenvalue weighted by molar-refractivity contribution is 0.356. The van der Waals surface area contributed by atoms with Crippen molar-refractivity contribution in [2.75, 3.05) is 20.6 Å². The van der Waals surface area contributed by atoms with Crippen LogP contribution in [0, 0.1) is 0 Å². The molecule has 5 nitrogen and oxygen atoms in total. The Morgan fingerprint density at radius 2 is 2.24 bits per heavy atom. The van der Waals surface area contributed by atoms with E-state index in [9.17, 15) is 0 Å². The van der Waals surface area contributed by atoms with Gasteiger partial charge in [-0.25, -0.2) is 4.99 Å². The Labute approximate surface area is 163 Å². The van der Waals surface area contributed by atoms with E-state index in [2.05, 4.69) is 37.7 Å². The highest BCUT2D eigenvalue weighted by molar-refractivity contribution is 7.80. The van der Waals surface area contributed by atoms with Crippen LogP contribution < -0.4 is 5.32 Å². The maximum absolute atomic E-state index is 6.02. The molecule has 0 saturated carbocycles. The molecule has 3 rings (SSSR count). The van der Waals surface area contributed by atoms with E-state index in [-0.39, 0.29) is 6.04 Å². The van der Waals surface area contributed by atoms with Crippen molar-refractivity contribution in [3.05, 3.63) is 41.0 Å². The van der Waals surface area contributed by atoms with Gasteiger partial charge in [-0.05, 0) is 49.4 Å². The lowest BCUT2D eigenvalue weighted by Crippen LogP contribution is -2.37. The van der Waals surface area contributed by atoms with Crippen LogP contribution in [-0.2, 0) is 0 Å². The van der Waals surface area contributed by atoms with Crippen molar-refractivity contribution in [2.45, 2.75) is 18.9 Å². The summed E-state index contributed by atoms with van der Waals surface area (Å²) in [6.07, 6.45) is 2.13. The number of hydrogen-bond acceptors (Lipinski definition) is 5. The molecule has 8 heteroatoms. The second kappa shape index (κ2) is 9.63. The molecule has 1 unspecified atom stereocenters. The van der Waals surface area contributed by atoms with Crippen LogP contribution in [0.2, 0.25) is 5.02 Å². The number of aliphatic imine (C=N–C) groups is 1. The third-order valence-electron chi connectivity index (χ3n) is 3.80. The van der Waals surface area contributed by atoms with Crippen LogP contribution in [0.25, 0.3) is 11.3 Å². The van der Waals surface area contributed by atoms with Gasteiger partial charge >= 0.3 is 0 Å². The van der Waals surface area contributed by atoms with Crippen molar-refractivity contribution in [1.29, 1.82) is 0 Å². The first-order chi connectivity index (χ1) is 12.1. The fourth-order valence-electron chi connectivity index (χ4n) is 2.68. The summed E-state index contributed by atoms with van der Waals surface area (Å²) >= 11 is 15.5. The minimum absolute atomic E-state index is 0.182. The first-order valence-electron chi connectivity index (χ1n) is 7.77. The van der Waals surface area contributed by atoms with Gasteiger partial charge in [-0.3, -0.25) is 0 Å². The van der Waals surface area contributed by atoms with Gasteiger partial charge in [0.2, 0.25) is 0 Å². The summed E-state index contributed by atoms with van der Waals surface area (Å²) in [6, 6.07) is 9.73. The molecule has 1 N–H and O–H groups in total. The Balaban J connectivity index is 0.000000511. The van der Waals surface area contributed by atoms with Crippen molar-refractivity contribution in [3.8, 4) is 11.3 Å². The first-order valence-corrected chi connectivity index (χ1v) is 8.97. The van der Waals surface area contributed by atoms with Gasteiger partial charge < -0.3 is 14.7 Å². The molecule has 2 aromatic rings. The number of hydrogen-bond donors (Lipinski definition) is 1.